The maximum Gasteiger partial charge on any atom is 0.234 e. The molecule has 100 valence electrons. The molecule has 0 radical (unpaired) electrons. The molecular formula is C14H17N3O2. The van der Waals surface area contributed by atoms with Crippen molar-refractivity contribution in [2.24, 2.45) is 0 Å². The minimum Gasteiger partial charge on any atom is -0.495 e. The number of nitrogens with one attached hydrogen (secondary N) is 1. The van der Waals surface area contributed by atoms with Crippen LogP contribution < -0.4 is 10.1 Å². The van der Waals surface area contributed by atoms with Gasteiger partial charge in [0.2, 0.25) is 5.91 Å². The molecule has 0 aromatic heterocycles. The summed E-state index contributed by atoms with van der Waals surface area (Å²) in [4.78, 5) is 13.6. The van der Waals surface area contributed by atoms with Gasteiger partial charge in [0, 0.05) is 19.6 Å². The molecule has 1 amide bonds. The fraction of sp³-hybridized carbons (Fsp3) is 0.429. The summed E-state index contributed by atoms with van der Waals surface area (Å²) < 4.78 is 5.12. The van der Waals surface area contributed by atoms with E-state index in [2.05, 4.69) is 16.3 Å². The summed E-state index contributed by atoms with van der Waals surface area (Å²) in [7, 11) is 1.55. The maximum atomic E-state index is 11.5. The van der Waals surface area contributed by atoms with Crippen molar-refractivity contribution in [2.45, 2.75) is 13.0 Å². The van der Waals surface area contributed by atoms with Crippen molar-refractivity contribution >= 4 is 5.91 Å². The van der Waals surface area contributed by atoms with E-state index in [1.54, 1.807) is 13.2 Å². The number of nitrogens with zero attached hydrogens (tertiary/aromatic N) is 2. The van der Waals surface area contributed by atoms with Gasteiger partial charge in [0.15, 0.2) is 0 Å². The van der Waals surface area contributed by atoms with Crippen LogP contribution in [0, 0.1) is 11.3 Å². The Morgan fingerprint density at radius 1 is 1.53 bits per heavy atom. The normalized spacial score (nSPS) is 16.3. The first-order chi connectivity index (χ1) is 9.22. The molecule has 0 atom stereocenters. The number of nitriles is 1. The van der Waals surface area contributed by atoms with E-state index in [0.717, 1.165) is 25.1 Å². The van der Waals surface area contributed by atoms with E-state index < -0.39 is 0 Å². The number of amides is 1. The van der Waals surface area contributed by atoms with Gasteiger partial charge in [-0.3, -0.25) is 9.69 Å². The highest BCUT2D eigenvalue weighted by Gasteiger charge is 2.15. The van der Waals surface area contributed by atoms with Crippen LogP contribution in [0.3, 0.4) is 0 Å². The van der Waals surface area contributed by atoms with Crippen LogP contribution >= 0.6 is 0 Å². The SMILES string of the molecule is COc1ccc(CN2CCCNC(=O)C2)cc1C#N. The largest absolute Gasteiger partial charge is 0.495 e. The van der Waals surface area contributed by atoms with E-state index in [-0.39, 0.29) is 5.91 Å². The highest BCUT2D eigenvalue weighted by Crippen LogP contribution is 2.19. The summed E-state index contributed by atoms with van der Waals surface area (Å²) in [5, 5.41) is 11.9. The number of carbonyl (C=O) groups is 1. The van der Waals surface area contributed by atoms with E-state index in [1.807, 2.05) is 12.1 Å². The lowest BCUT2D eigenvalue weighted by atomic mass is 10.1. The first-order valence-corrected chi connectivity index (χ1v) is 6.29. The summed E-state index contributed by atoms with van der Waals surface area (Å²) >= 11 is 0. The number of ether oxygens (including phenoxy) is 1. The molecule has 0 unspecified atom stereocenters. The maximum absolute atomic E-state index is 11.5. The summed E-state index contributed by atoms with van der Waals surface area (Å²) in [5.74, 6) is 0.645. The zero-order valence-corrected chi connectivity index (χ0v) is 11.0. The molecule has 1 aromatic carbocycles. The Morgan fingerprint density at radius 2 is 2.37 bits per heavy atom. The van der Waals surface area contributed by atoms with Crippen LogP contribution in [0.4, 0.5) is 0 Å². The summed E-state index contributed by atoms with van der Waals surface area (Å²) in [6.45, 7) is 2.70. The molecular weight excluding hydrogens is 242 g/mol. The van der Waals surface area contributed by atoms with Crippen LogP contribution in [-0.4, -0.2) is 37.6 Å². The van der Waals surface area contributed by atoms with Crippen molar-refractivity contribution in [1.29, 1.82) is 5.26 Å². The second-order valence-corrected chi connectivity index (χ2v) is 4.56. The Labute approximate surface area is 112 Å². The molecule has 5 heteroatoms. The van der Waals surface area contributed by atoms with Gasteiger partial charge in [0.25, 0.3) is 0 Å². The van der Waals surface area contributed by atoms with Gasteiger partial charge in [-0.15, -0.1) is 0 Å². The third-order valence-electron chi connectivity index (χ3n) is 3.13. The molecule has 1 aliphatic heterocycles. The predicted molar refractivity (Wildman–Crippen MR) is 70.6 cm³/mol. The van der Waals surface area contributed by atoms with E-state index in [0.29, 0.717) is 24.4 Å². The van der Waals surface area contributed by atoms with E-state index in [9.17, 15) is 4.79 Å². The molecule has 1 saturated heterocycles. The molecule has 0 aliphatic carbocycles. The van der Waals surface area contributed by atoms with Gasteiger partial charge in [-0.05, 0) is 24.1 Å². The molecule has 0 spiro atoms. The topological polar surface area (TPSA) is 65.4 Å². The van der Waals surface area contributed by atoms with Crippen molar-refractivity contribution in [3.8, 4) is 11.8 Å². The van der Waals surface area contributed by atoms with Crippen LogP contribution in [0.2, 0.25) is 0 Å². The van der Waals surface area contributed by atoms with Crippen molar-refractivity contribution in [3.05, 3.63) is 29.3 Å². The fourth-order valence-corrected chi connectivity index (χ4v) is 2.20. The summed E-state index contributed by atoms with van der Waals surface area (Å²) in [5.41, 5.74) is 1.55. The monoisotopic (exact) mass is 259 g/mol. The predicted octanol–water partition coefficient (Wildman–Crippen LogP) is 0.889. The van der Waals surface area contributed by atoms with Gasteiger partial charge in [-0.1, -0.05) is 6.07 Å². The zero-order valence-electron chi connectivity index (χ0n) is 11.0. The molecule has 0 bridgehead atoms. The lowest BCUT2D eigenvalue weighted by molar-refractivity contribution is -0.121. The number of hydrogen-bond acceptors (Lipinski definition) is 4. The molecule has 19 heavy (non-hydrogen) atoms. The van der Waals surface area contributed by atoms with Crippen LogP contribution in [0.5, 0.6) is 5.75 Å². The number of methoxy groups -OCH3 is 1. The third-order valence-corrected chi connectivity index (χ3v) is 3.13. The zero-order chi connectivity index (χ0) is 13.7. The second-order valence-electron chi connectivity index (χ2n) is 4.56. The van der Waals surface area contributed by atoms with Gasteiger partial charge in [0.05, 0.1) is 19.2 Å². The Morgan fingerprint density at radius 3 is 3.11 bits per heavy atom. The Hall–Kier alpha value is -2.06. The summed E-state index contributed by atoms with van der Waals surface area (Å²) in [6, 6.07) is 7.67. The highest BCUT2D eigenvalue weighted by molar-refractivity contribution is 5.78. The van der Waals surface area contributed by atoms with Gasteiger partial charge in [-0.2, -0.15) is 5.26 Å². The Bertz CT molecular complexity index is 508. The molecule has 1 aliphatic rings. The van der Waals surface area contributed by atoms with E-state index in [4.69, 9.17) is 10.00 Å². The molecule has 2 rings (SSSR count). The molecule has 1 fully saturated rings. The number of hydrogen-bond donors (Lipinski definition) is 1. The van der Waals surface area contributed by atoms with E-state index >= 15 is 0 Å². The smallest absolute Gasteiger partial charge is 0.234 e. The molecule has 1 aromatic rings. The van der Waals surface area contributed by atoms with Gasteiger partial charge >= 0.3 is 0 Å². The Kier molecular flexibility index (Phi) is 4.37. The lowest BCUT2D eigenvalue weighted by Crippen LogP contribution is -2.32. The average Bonchev–Trinajstić information content (AvgIpc) is 2.63. The van der Waals surface area contributed by atoms with E-state index in [1.165, 1.54) is 0 Å². The minimum absolute atomic E-state index is 0.0616. The molecule has 1 N–H and O–H groups in total. The van der Waals surface area contributed by atoms with Crippen molar-refractivity contribution < 1.29 is 9.53 Å². The van der Waals surface area contributed by atoms with Gasteiger partial charge in [0.1, 0.15) is 11.8 Å². The van der Waals surface area contributed by atoms with Crippen molar-refractivity contribution in [2.75, 3.05) is 26.7 Å². The van der Waals surface area contributed by atoms with Crippen LogP contribution in [0.15, 0.2) is 18.2 Å². The quantitative estimate of drug-likeness (QED) is 0.875. The number of benzene rings is 1. The van der Waals surface area contributed by atoms with Gasteiger partial charge < -0.3 is 10.1 Å². The third kappa shape index (κ3) is 3.46. The van der Waals surface area contributed by atoms with Crippen LogP contribution in [-0.2, 0) is 11.3 Å². The Balaban J connectivity index is 2.10. The fourth-order valence-electron chi connectivity index (χ4n) is 2.20. The van der Waals surface area contributed by atoms with Crippen molar-refractivity contribution in [1.82, 2.24) is 10.2 Å². The molecule has 0 saturated carbocycles. The lowest BCUT2D eigenvalue weighted by Gasteiger charge is -2.18. The molecule has 5 nitrogen and oxygen atoms in total. The van der Waals surface area contributed by atoms with Crippen molar-refractivity contribution in [3.63, 3.8) is 0 Å². The summed E-state index contributed by atoms with van der Waals surface area (Å²) in [6.07, 6.45) is 0.951. The number of carbonyl (C=O) groups excluding carboxylic acids is 1. The second kappa shape index (κ2) is 6.21. The van der Waals surface area contributed by atoms with Crippen LogP contribution in [0.1, 0.15) is 17.5 Å². The van der Waals surface area contributed by atoms with Gasteiger partial charge in [-0.25, -0.2) is 0 Å². The first kappa shape index (κ1) is 13.4. The average molecular weight is 259 g/mol. The number of rotatable bonds is 3. The standard InChI is InChI=1S/C14H17N3O2/c1-19-13-4-3-11(7-12(13)8-15)9-17-6-2-5-16-14(18)10-17/h3-4,7H,2,5-6,9-10H2,1H3,(H,16,18). The molecule has 1 heterocycles. The minimum atomic E-state index is 0.0616. The van der Waals surface area contributed by atoms with Crippen LogP contribution in [0.25, 0.3) is 0 Å². The highest BCUT2D eigenvalue weighted by atomic mass is 16.5. The first-order valence-electron chi connectivity index (χ1n) is 6.29.